The maximum atomic E-state index is 13.8. The van der Waals surface area contributed by atoms with Gasteiger partial charge in [-0.1, -0.05) is 49.7 Å². The van der Waals surface area contributed by atoms with Crippen LogP contribution in [0.15, 0.2) is 71.1 Å². The van der Waals surface area contributed by atoms with Crippen molar-refractivity contribution >= 4 is 29.2 Å². The van der Waals surface area contributed by atoms with E-state index in [1.54, 1.807) is 19.9 Å². The second-order valence-corrected chi connectivity index (χ2v) is 11.5. The number of piperazine rings is 1. The molecule has 2 aliphatic heterocycles. The van der Waals surface area contributed by atoms with E-state index in [0.717, 1.165) is 12.1 Å². The van der Waals surface area contributed by atoms with E-state index >= 15 is 0 Å². The Morgan fingerprint density at radius 2 is 1.76 bits per heavy atom. The van der Waals surface area contributed by atoms with Gasteiger partial charge in [-0.2, -0.15) is 0 Å². The average Bonchev–Trinajstić information content (AvgIpc) is 2.95. The molecule has 3 unspecified atom stereocenters. The fraction of sp³-hybridized carbons (Fsp3) is 0.419. The molecule has 2 aliphatic rings. The van der Waals surface area contributed by atoms with Crippen molar-refractivity contribution in [2.45, 2.75) is 52.7 Å². The van der Waals surface area contributed by atoms with Crippen molar-refractivity contribution in [3.63, 3.8) is 0 Å². The maximum absolute atomic E-state index is 13.8. The Labute approximate surface area is 250 Å². The number of carbonyl (C=O) groups is 2. The van der Waals surface area contributed by atoms with Crippen molar-refractivity contribution in [1.82, 2.24) is 15.1 Å². The van der Waals surface area contributed by atoms with Gasteiger partial charge in [0, 0.05) is 54.2 Å². The number of ether oxygens (including phenoxy) is 1. The number of nitrogens with zero attached hydrogens (tertiary/aromatic N) is 3. The summed E-state index contributed by atoms with van der Waals surface area (Å²) in [6.45, 7) is 11.6. The van der Waals surface area contributed by atoms with E-state index in [1.807, 2.05) is 49.9 Å². The van der Waals surface area contributed by atoms with E-state index in [2.05, 4.69) is 10.2 Å². The molecule has 3 atom stereocenters. The first kappa shape index (κ1) is 31.2. The summed E-state index contributed by atoms with van der Waals surface area (Å²) in [6.07, 6.45) is -0.346. The van der Waals surface area contributed by atoms with Gasteiger partial charge >= 0.3 is 11.9 Å². The van der Waals surface area contributed by atoms with Gasteiger partial charge in [0.1, 0.15) is 0 Å². The van der Waals surface area contributed by atoms with Crippen LogP contribution in [0.4, 0.5) is 5.69 Å². The molecule has 2 N–H and O–H groups in total. The molecular weight excluding hydrogens is 560 g/mol. The Morgan fingerprint density at radius 3 is 2.38 bits per heavy atom. The maximum Gasteiger partial charge on any atom is 0.336 e. The zero-order valence-corrected chi connectivity index (χ0v) is 25.2. The first-order valence-electron chi connectivity index (χ1n) is 14.0. The molecular formula is C31H37ClN4O6. The number of non-ortho nitro benzene ring substituents is 1. The lowest BCUT2D eigenvalue weighted by molar-refractivity contribution is -0.384. The Hall–Kier alpha value is -3.73. The molecule has 11 heteroatoms. The molecule has 1 saturated heterocycles. The van der Waals surface area contributed by atoms with Crippen LogP contribution in [0.5, 0.6) is 0 Å². The van der Waals surface area contributed by atoms with Crippen LogP contribution in [0.1, 0.15) is 57.7 Å². The number of carbonyl (C=O) groups excluding carboxylic acids is 1. The summed E-state index contributed by atoms with van der Waals surface area (Å²) in [5.74, 6) is -2.85. The second-order valence-electron chi connectivity index (χ2n) is 11.1. The van der Waals surface area contributed by atoms with Crippen LogP contribution < -0.4 is 5.32 Å². The molecule has 10 nitrogen and oxygen atoms in total. The van der Waals surface area contributed by atoms with Crippen LogP contribution in [-0.2, 0) is 14.3 Å². The van der Waals surface area contributed by atoms with Crippen molar-refractivity contribution in [3.05, 3.63) is 97.3 Å². The van der Waals surface area contributed by atoms with Gasteiger partial charge < -0.3 is 20.1 Å². The van der Waals surface area contributed by atoms with Crippen molar-refractivity contribution < 1.29 is 24.4 Å². The molecule has 0 aliphatic carbocycles. The van der Waals surface area contributed by atoms with Gasteiger partial charge in [0.25, 0.3) is 5.69 Å². The first-order valence-corrected chi connectivity index (χ1v) is 14.4. The molecule has 2 aromatic carbocycles. The number of esters is 1. The van der Waals surface area contributed by atoms with Crippen LogP contribution in [0.25, 0.3) is 0 Å². The summed E-state index contributed by atoms with van der Waals surface area (Å²) in [5, 5.41) is 26.2. The third-order valence-electron chi connectivity index (χ3n) is 7.89. The number of nitro benzene ring substituents is 1. The normalized spacial score (nSPS) is 20.6. The van der Waals surface area contributed by atoms with E-state index in [-0.39, 0.29) is 41.6 Å². The lowest BCUT2D eigenvalue weighted by atomic mass is 9.79. The van der Waals surface area contributed by atoms with Gasteiger partial charge in [-0.05, 0) is 49.9 Å². The van der Waals surface area contributed by atoms with Crippen molar-refractivity contribution in [1.29, 1.82) is 0 Å². The molecule has 2 aromatic rings. The second kappa shape index (κ2) is 13.1. The standard InChI is InChI=1S/C31H37ClN4O6/c1-18(2)17-42-31(39)28-20(4)35(21(5)34-14-13-33-16-26(34)22-9-11-24(32)12-10-22)19(3)27(30(37)38)29(28)23-7-6-8-25(15-23)36(40)41/h6-12,15,18,21,26,29,33H,13-14,16-17H2,1-5H3,(H,37,38). The highest BCUT2D eigenvalue weighted by atomic mass is 35.5. The zero-order chi connectivity index (χ0) is 30.7. The molecule has 0 radical (unpaired) electrons. The minimum Gasteiger partial charge on any atom is -0.478 e. The monoisotopic (exact) mass is 596 g/mol. The van der Waals surface area contributed by atoms with Gasteiger partial charge in [0.05, 0.1) is 34.8 Å². The van der Waals surface area contributed by atoms with Crippen LogP contribution in [0.3, 0.4) is 0 Å². The Morgan fingerprint density at radius 1 is 1.10 bits per heavy atom. The minimum atomic E-state index is -1.21. The van der Waals surface area contributed by atoms with Gasteiger partial charge in [-0.3, -0.25) is 15.0 Å². The first-order chi connectivity index (χ1) is 19.9. The molecule has 0 amide bonds. The number of carboxylic acids is 1. The van der Waals surface area contributed by atoms with Crippen molar-refractivity contribution in [2.24, 2.45) is 5.92 Å². The van der Waals surface area contributed by atoms with Crippen LogP contribution in [0, 0.1) is 16.0 Å². The van der Waals surface area contributed by atoms with E-state index in [4.69, 9.17) is 16.3 Å². The smallest absolute Gasteiger partial charge is 0.336 e. The molecule has 0 spiro atoms. The molecule has 2 heterocycles. The Balaban J connectivity index is 1.87. The van der Waals surface area contributed by atoms with Crippen molar-refractivity contribution in [3.8, 4) is 0 Å². The largest absolute Gasteiger partial charge is 0.478 e. The SMILES string of the molecule is CC1=C(C(=O)O)C(c2cccc([N+](=O)[O-])c2)C(C(=O)OCC(C)C)=C(C)N1C(C)N1CCNCC1c1ccc(Cl)cc1. The molecule has 0 aromatic heterocycles. The Kier molecular flexibility index (Phi) is 9.71. The third-order valence-corrected chi connectivity index (χ3v) is 8.14. The van der Waals surface area contributed by atoms with E-state index < -0.39 is 22.8 Å². The third kappa shape index (κ3) is 6.35. The summed E-state index contributed by atoms with van der Waals surface area (Å²) in [6, 6.07) is 13.4. The molecule has 4 rings (SSSR count). The molecule has 42 heavy (non-hydrogen) atoms. The number of nitro groups is 1. The summed E-state index contributed by atoms with van der Waals surface area (Å²) < 4.78 is 5.67. The van der Waals surface area contributed by atoms with Gasteiger partial charge in [-0.15, -0.1) is 0 Å². The lowest BCUT2D eigenvalue weighted by Gasteiger charge is -2.48. The van der Waals surface area contributed by atoms with Crippen LogP contribution >= 0.6 is 11.6 Å². The summed E-state index contributed by atoms with van der Waals surface area (Å²) in [5.41, 5.74) is 2.34. The van der Waals surface area contributed by atoms with Crippen LogP contribution in [-0.4, -0.2) is 64.2 Å². The van der Waals surface area contributed by atoms with Crippen LogP contribution in [0.2, 0.25) is 5.02 Å². The summed E-state index contributed by atoms with van der Waals surface area (Å²) in [7, 11) is 0. The molecule has 224 valence electrons. The number of hydrogen-bond donors (Lipinski definition) is 2. The van der Waals surface area contributed by atoms with Gasteiger partial charge in [0.15, 0.2) is 0 Å². The Bertz CT molecular complexity index is 1420. The zero-order valence-electron chi connectivity index (χ0n) is 24.5. The average molecular weight is 597 g/mol. The number of carboxylic acid groups (broad SMARTS) is 1. The quantitative estimate of drug-likeness (QED) is 0.220. The van der Waals surface area contributed by atoms with Gasteiger partial charge in [0.2, 0.25) is 0 Å². The summed E-state index contributed by atoms with van der Waals surface area (Å²) >= 11 is 6.15. The highest BCUT2D eigenvalue weighted by Crippen LogP contribution is 2.45. The number of halogens is 1. The molecule has 0 bridgehead atoms. The number of hydrogen-bond acceptors (Lipinski definition) is 8. The fourth-order valence-electron chi connectivity index (χ4n) is 5.96. The topological polar surface area (TPSA) is 125 Å². The highest BCUT2D eigenvalue weighted by Gasteiger charge is 2.43. The number of rotatable bonds is 9. The fourth-order valence-corrected chi connectivity index (χ4v) is 6.08. The lowest BCUT2D eigenvalue weighted by Crippen LogP contribution is -2.55. The highest BCUT2D eigenvalue weighted by molar-refractivity contribution is 6.30. The van der Waals surface area contributed by atoms with E-state index in [9.17, 15) is 24.8 Å². The molecule has 0 saturated carbocycles. The minimum absolute atomic E-state index is 0.0253. The number of allylic oxidation sites excluding steroid dienone is 2. The number of aliphatic carboxylic acids is 1. The number of benzene rings is 2. The van der Waals surface area contributed by atoms with E-state index in [0.29, 0.717) is 35.1 Å². The predicted molar refractivity (Wildman–Crippen MR) is 160 cm³/mol. The number of nitrogens with one attached hydrogen (secondary N) is 1. The van der Waals surface area contributed by atoms with Gasteiger partial charge in [-0.25, -0.2) is 9.59 Å². The summed E-state index contributed by atoms with van der Waals surface area (Å²) in [4.78, 5) is 41.9. The van der Waals surface area contributed by atoms with Crippen molar-refractivity contribution in [2.75, 3.05) is 26.2 Å². The predicted octanol–water partition coefficient (Wildman–Crippen LogP) is 5.47. The molecule has 1 fully saturated rings. The van der Waals surface area contributed by atoms with E-state index in [1.165, 1.54) is 18.2 Å².